The molecule has 1 atom stereocenters. The highest BCUT2D eigenvalue weighted by Gasteiger charge is 2.16. The molecular formula is C15H24O2. The lowest BCUT2D eigenvalue weighted by Gasteiger charge is -2.19. The Morgan fingerprint density at radius 1 is 0.941 bits per heavy atom. The van der Waals surface area contributed by atoms with Crippen LogP contribution in [0.25, 0.3) is 0 Å². The standard InChI is InChI=1S/C15H24O2/c1-7-11(4)13-9-14(16-5)12(10(2)3)8-15(13)17-6/h8-11H,7H2,1-6H3. The highest BCUT2D eigenvalue weighted by molar-refractivity contribution is 5.49. The molecule has 0 spiro atoms. The van der Waals surface area contributed by atoms with E-state index in [1.807, 2.05) is 0 Å². The third-order valence-corrected chi connectivity index (χ3v) is 3.35. The lowest BCUT2D eigenvalue weighted by Crippen LogP contribution is -2.02. The van der Waals surface area contributed by atoms with Crippen molar-refractivity contribution in [2.45, 2.75) is 46.0 Å². The lowest BCUT2D eigenvalue weighted by atomic mass is 9.93. The number of hydrogen-bond acceptors (Lipinski definition) is 2. The normalized spacial score (nSPS) is 12.6. The number of hydrogen-bond donors (Lipinski definition) is 0. The van der Waals surface area contributed by atoms with Gasteiger partial charge in [0.1, 0.15) is 11.5 Å². The quantitative estimate of drug-likeness (QED) is 0.757. The van der Waals surface area contributed by atoms with E-state index in [1.54, 1.807) is 14.2 Å². The molecule has 0 aliphatic heterocycles. The van der Waals surface area contributed by atoms with Gasteiger partial charge in [-0.1, -0.05) is 27.7 Å². The van der Waals surface area contributed by atoms with Crippen molar-refractivity contribution in [3.05, 3.63) is 23.3 Å². The molecule has 1 aromatic rings. The minimum Gasteiger partial charge on any atom is -0.496 e. The van der Waals surface area contributed by atoms with Gasteiger partial charge < -0.3 is 9.47 Å². The van der Waals surface area contributed by atoms with Crippen LogP contribution >= 0.6 is 0 Å². The van der Waals surface area contributed by atoms with Gasteiger partial charge in [-0.15, -0.1) is 0 Å². The average Bonchev–Trinajstić information content (AvgIpc) is 2.35. The summed E-state index contributed by atoms with van der Waals surface area (Å²) in [5.74, 6) is 2.87. The van der Waals surface area contributed by atoms with Crippen molar-refractivity contribution in [3.63, 3.8) is 0 Å². The van der Waals surface area contributed by atoms with Crippen LogP contribution in [0, 0.1) is 0 Å². The van der Waals surface area contributed by atoms with E-state index in [1.165, 1.54) is 11.1 Å². The number of ether oxygens (including phenoxy) is 2. The highest BCUT2D eigenvalue weighted by Crippen LogP contribution is 2.37. The maximum atomic E-state index is 5.50. The molecule has 0 bridgehead atoms. The first-order valence-corrected chi connectivity index (χ1v) is 6.30. The van der Waals surface area contributed by atoms with E-state index in [9.17, 15) is 0 Å². The van der Waals surface area contributed by atoms with E-state index in [4.69, 9.17) is 9.47 Å². The summed E-state index contributed by atoms with van der Waals surface area (Å²) in [5, 5.41) is 0. The van der Waals surface area contributed by atoms with Crippen LogP contribution in [0.4, 0.5) is 0 Å². The molecule has 0 aliphatic carbocycles. The molecule has 0 aromatic heterocycles. The molecule has 0 N–H and O–H groups in total. The zero-order valence-corrected chi connectivity index (χ0v) is 11.8. The van der Waals surface area contributed by atoms with E-state index >= 15 is 0 Å². The Balaban J connectivity index is 3.32. The molecule has 0 saturated heterocycles. The highest BCUT2D eigenvalue weighted by atomic mass is 16.5. The van der Waals surface area contributed by atoms with Gasteiger partial charge in [-0.3, -0.25) is 0 Å². The fourth-order valence-corrected chi connectivity index (χ4v) is 2.00. The van der Waals surface area contributed by atoms with Gasteiger partial charge in [-0.25, -0.2) is 0 Å². The van der Waals surface area contributed by atoms with Crippen LogP contribution in [0.3, 0.4) is 0 Å². The van der Waals surface area contributed by atoms with Crippen LogP contribution in [-0.2, 0) is 0 Å². The van der Waals surface area contributed by atoms with Gasteiger partial charge in [-0.2, -0.15) is 0 Å². The predicted octanol–water partition coefficient (Wildman–Crippen LogP) is 4.34. The Labute approximate surface area is 105 Å². The summed E-state index contributed by atoms with van der Waals surface area (Å²) in [6, 6.07) is 4.24. The van der Waals surface area contributed by atoms with Crippen molar-refractivity contribution in [1.29, 1.82) is 0 Å². The summed E-state index contributed by atoms with van der Waals surface area (Å²) in [6.45, 7) is 8.74. The van der Waals surface area contributed by atoms with E-state index in [2.05, 4.69) is 39.8 Å². The van der Waals surface area contributed by atoms with Crippen molar-refractivity contribution >= 4 is 0 Å². The Bertz CT molecular complexity index is 369. The van der Waals surface area contributed by atoms with Crippen molar-refractivity contribution in [3.8, 4) is 11.5 Å². The molecule has 1 rings (SSSR count). The minimum absolute atomic E-state index is 0.435. The van der Waals surface area contributed by atoms with Crippen molar-refractivity contribution in [1.82, 2.24) is 0 Å². The summed E-state index contributed by atoms with van der Waals surface area (Å²) in [6.07, 6.45) is 1.10. The van der Waals surface area contributed by atoms with Gasteiger partial charge in [-0.05, 0) is 30.4 Å². The average molecular weight is 236 g/mol. The van der Waals surface area contributed by atoms with Crippen LogP contribution < -0.4 is 9.47 Å². The maximum Gasteiger partial charge on any atom is 0.122 e. The number of methoxy groups -OCH3 is 2. The van der Waals surface area contributed by atoms with E-state index in [0.29, 0.717) is 11.8 Å². The molecule has 2 heteroatoms. The zero-order valence-electron chi connectivity index (χ0n) is 11.8. The van der Waals surface area contributed by atoms with Crippen LogP contribution in [0.15, 0.2) is 12.1 Å². The van der Waals surface area contributed by atoms with E-state index in [0.717, 1.165) is 17.9 Å². The largest absolute Gasteiger partial charge is 0.496 e. The van der Waals surface area contributed by atoms with Gasteiger partial charge >= 0.3 is 0 Å². The molecule has 96 valence electrons. The van der Waals surface area contributed by atoms with Crippen LogP contribution in [0.1, 0.15) is 57.1 Å². The summed E-state index contributed by atoms with van der Waals surface area (Å²) in [5.41, 5.74) is 2.44. The van der Waals surface area contributed by atoms with Crippen molar-refractivity contribution < 1.29 is 9.47 Å². The second-order valence-electron chi connectivity index (χ2n) is 4.80. The Hall–Kier alpha value is -1.18. The molecule has 2 nitrogen and oxygen atoms in total. The molecule has 0 saturated carbocycles. The molecule has 1 unspecified atom stereocenters. The molecular weight excluding hydrogens is 212 g/mol. The van der Waals surface area contributed by atoms with Gasteiger partial charge in [0, 0.05) is 11.1 Å². The fourth-order valence-electron chi connectivity index (χ4n) is 2.00. The zero-order chi connectivity index (χ0) is 13.0. The first kappa shape index (κ1) is 13.9. The van der Waals surface area contributed by atoms with E-state index in [-0.39, 0.29) is 0 Å². The molecule has 0 radical (unpaired) electrons. The molecule has 17 heavy (non-hydrogen) atoms. The fraction of sp³-hybridized carbons (Fsp3) is 0.600. The minimum atomic E-state index is 0.435. The maximum absolute atomic E-state index is 5.50. The third-order valence-electron chi connectivity index (χ3n) is 3.35. The monoisotopic (exact) mass is 236 g/mol. The first-order valence-electron chi connectivity index (χ1n) is 6.30. The van der Waals surface area contributed by atoms with Gasteiger partial charge in [0.15, 0.2) is 0 Å². The molecule has 0 aliphatic rings. The van der Waals surface area contributed by atoms with Crippen LogP contribution in [0.2, 0.25) is 0 Å². The Morgan fingerprint density at radius 2 is 1.41 bits per heavy atom. The SMILES string of the molecule is CCC(C)c1cc(OC)c(C(C)C)cc1OC. The van der Waals surface area contributed by atoms with Crippen molar-refractivity contribution in [2.24, 2.45) is 0 Å². The molecule has 0 heterocycles. The first-order chi connectivity index (χ1) is 8.04. The smallest absolute Gasteiger partial charge is 0.122 e. The second-order valence-corrected chi connectivity index (χ2v) is 4.80. The van der Waals surface area contributed by atoms with Crippen molar-refractivity contribution in [2.75, 3.05) is 14.2 Å². The Morgan fingerprint density at radius 3 is 1.82 bits per heavy atom. The molecule has 0 fully saturated rings. The van der Waals surface area contributed by atoms with E-state index < -0.39 is 0 Å². The molecule has 1 aromatic carbocycles. The van der Waals surface area contributed by atoms with Gasteiger partial charge in [0.25, 0.3) is 0 Å². The van der Waals surface area contributed by atoms with Crippen LogP contribution in [-0.4, -0.2) is 14.2 Å². The van der Waals surface area contributed by atoms with Gasteiger partial charge in [0.2, 0.25) is 0 Å². The second kappa shape index (κ2) is 5.95. The summed E-state index contributed by atoms with van der Waals surface area (Å²) in [7, 11) is 3.46. The Kier molecular flexibility index (Phi) is 4.86. The molecule has 0 amide bonds. The number of rotatable bonds is 5. The summed E-state index contributed by atoms with van der Waals surface area (Å²) in [4.78, 5) is 0. The van der Waals surface area contributed by atoms with Gasteiger partial charge in [0.05, 0.1) is 14.2 Å². The topological polar surface area (TPSA) is 18.5 Å². The summed E-state index contributed by atoms with van der Waals surface area (Å²) >= 11 is 0. The number of benzene rings is 1. The predicted molar refractivity (Wildman–Crippen MR) is 72.3 cm³/mol. The van der Waals surface area contributed by atoms with Crippen LogP contribution in [0.5, 0.6) is 11.5 Å². The lowest BCUT2D eigenvalue weighted by molar-refractivity contribution is 0.390. The summed E-state index contributed by atoms with van der Waals surface area (Å²) < 4.78 is 11.0. The third kappa shape index (κ3) is 2.93.